The van der Waals surface area contributed by atoms with Crippen molar-refractivity contribution < 1.29 is 40.3 Å². The Hall–Kier alpha value is -3.38. The molecule has 0 bridgehead atoms. The molecule has 1 fully saturated rings. The number of oxazole rings is 1. The Morgan fingerprint density at radius 2 is 1.55 bits per heavy atom. The van der Waals surface area contributed by atoms with Crippen LogP contribution >= 0.6 is 0 Å². The number of rotatable bonds is 9. The van der Waals surface area contributed by atoms with E-state index in [1.165, 1.54) is 24.3 Å². The first-order valence-electron chi connectivity index (χ1n) is 11.9. The van der Waals surface area contributed by atoms with E-state index in [1.807, 2.05) is 0 Å². The third-order valence-electron chi connectivity index (χ3n) is 5.98. The lowest BCUT2D eigenvalue weighted by Crippen LogP contribution is -2.32. The van der Waals surface area contributed by atoms with Crippen LogP contribution in [-0.4, -0.2) is 35.0 Å². The van der Waals surface area contributed by atoms with Gasteiger partial charge in [-0.05, 0) is 36.1 Å². The predicted octanol–water partition coefficient (Wildman–Crippen LogP) is 5.82. The Morgan fingerprint density at radius 1 is 0.947 bits per heavy atom. The second-order valence-corrected chi connectivity index (χ2v) is 9.01. The molecule has 0 aliphatic carbocycles. The van der Waals surface area contributed by atoms with Gasteiger partial charge in [0.05, 0.1) is 23.8 Å². The van der Waals surface area contributed by atoms with Crippen LogP contribution in [0.4, 0.5) is 26.3 Å². The molecule has 1 amide bonds. The molecule has 1 saturated heterocycles. The summed E-state index contributed by atoms with van der Waals surface area (Å²) in [5.74, 6) is -0.385. The van der Waals surface area contributed by atoms with Crippen LogP contribution in [0, 0.1) is 0 Å². The molecule has 1 atom stereocenters. The SMILES string of the molecule is O=C(NCC1CCCO1)c1coc(CN(Cc2cccc(C(F)(F)F)c2)Cc2cccc(C(F)(F)F)c2)n1. The van der Waals surface area contributed by atoms with Gasteiger partial charge < -0.3 is 14.5 Å². The number of carbonyl (C=O) groups is 1. The molecule has 3 aromatic rings. The number of benzene rings is 2. The van der Waals surface area contributed by atoms with Gasteiger partial charge in [-0.3, -0.25) is 9.69 Å². The summed E-state index contributed by atoms with van der Waals surface area (Å²) in [4.78, 5) is 18.2. The standard InChI is InChI=1S/C26H25F6N3O3/c27-25(28,29)19-6-1-4-17(10-19)13-35(14-18-5-2-7-20(11-18)26(30,31)32)15-23-34-22(16-38-23)24(36)33-12-21-8-3-9-37-21/h1-2,4-7,10-11,16,21H,3,8-9,12-15H2,(H,33,36). The van der Waals surface area contributed by atoms with E-state index in [0.717, 1.165) is 43.4 Å². The van der Waals surface area contributed by atoms with E-state index in [9.17, 15) is 31.1 Å². The van der Waals surface area contributed by atoms with Crippen LogP contribution in [0.3, 0.4) is 0 Å². The van der Waals surface area contributed by atoms with Crippen molar-refractivity contribution in [3.05, 3.63) is 88.6 Å². The average molecular weight is 541 g/mol. The van der Waals surface area contributed by atoms with E-state index in [1.54, 1.807) is 4.90 Å². The van der Waals surface area contributed by atoms with Crippen LogP contribution in [-0.2, 0) is 36.7 Å². The van der Waals surface area contributed by atoms with Gasteiger partial charge in [-0.25, -0.2) is 4.98 Å². The van der Waals surface area contributed by atoms with Crippen molar-refractivity contribution >= 4 is 5.91 Å². The predicted molar refractivity (Wildman–Crippen MR) is 124 cm³/mol. The molecule has 2 heterocycles. The summed E-state index contributed by atoms with van der Waals surface area (Å²) in [6.07, 6.45) is -6.24. The van der Waals surface area contributed by atoms with Crippen molar-refractivity contribution in [3.8, 4) is 0 Å². The van der Waals surface area contributed by atoms with Gasteiger partial charge in [-0.15, -0.1) is 0 Å². The number of halogens is 6. The fourth-order valence-electron chi connectivity index (χ4n) is 4.16. The van der Waals surface area contributed by atoms with Crippen molar-refractivity contribution in [2.24, 2.45) is 0 Å². The van der Waals surface area contributed by atoms with Gasteiger partial charge >= 0.3 is 12.4 Å². The molecule has 1 N–H and O–H groups in total. The Labute approximate surface area is 214 Å². The lowest BCUT2D eigenvalue weighted by Gasteiger charge is -2.22. The molecule has 12 heteroatoms. The number of nitrogens with one attached hydrogen (secondary N) is 1. The number of nitrogens with zero attached hydrogens (tertiary/aromatic N) is 2. The summed E-state index contributed by atoms with van der Waals surface area (Å²) in [5, 5.41) is 2.71. The zero-order valence-corrected chi connectivity index (χ0v) is 20.1. The number of hydrogen-bond acceptors (Lipinski definition) is 5. The van der Waals surface area contributed by atoms with Gasteiger partial charge in [0, 0.05) is 26.2 Å². The normalized spacial score (nSPS) is 16.2. The Kier molecular flexibility index (Phi) is 8.41. The van der Waals surface area contributed by atoms with Gasteiger partial charge in [0.15, 0.2) is 5.69 Å². The van der Waals surface area contributed by atoms with E-state index >= 15 is 0 Å². The highest BCUT2D eigenvalue weighted by molar-refractivity contribution is 5.91. The molecule has 38 heavy (non-hydrogen) atoms. The molecule has 2 aromatic carbocycles. The average Bonchev–Trinajstić information content (AvgIpc) is 3.54. The molecule has 1 aromatic heterocycles. The Bertz CT molecular complexity index is 1180. The maximum atomic E-state index is 13.2. The summed E-state index contributed by atoms with van der Waals surface area (Å²) in [7, 11) is 0. The van der Waals surface area contributed by atoms with Crippen LogP contribution in [0.1, 0.15) is 51.5 Å². The van der Waals surface area contributed by atoms with Crippen molar-refractivity contribution in [1.82, 2.24) is 15.2 Å². The number of amides is 1. The second kappa shape index (κ2) is 11.6. The number of alkyl halides is 6. The summed E-state index contributed by atoms with van der Waals surface area (Å²) in [6.45, 7) is 0.818. The number of ether oxygens (including phenoxy) is 1. The summed E-state index contributed by atoms with van der Waals surface area (Å²) < 4.78 is 90.1. The second-order valence-electron chi connectivity index (χ2n) is 9.01. The lowest BCUT2D eigenvalue weighted by molar-refractivity contribution is -0.138. The monoisotopic (exact) mass is 541 g/mol. The highest BCUT2D eigenvalue weighted by atomic mass is 19.4. The molecule has 0 saturated carbocycles. The summed E-state index contributed by atoms with van der Waals surface area (Å²) >= 11 is 0. The summed E-state index contributed by atoms with van der Waals surface area (Å²) in [6, 6.07) is 9.37. The first-order chi connectivity index (χ1) is 18.0. The minimum atomic E-state index is -4.55. The number of hydrogen-bond donors (Lipinski definition) is 1. The van der Waals surface area contributed by atoms with Gasteiger partial charge in [0.1, 0.15) is 6.26 Å². The number of aromatic nitrogens is 1. The van der Waals surface area contributed by atoms with Crippen molar-refractivity contribution in [3.63, 3.8) is 0 Å². The van der Waals surface area contributed by atoms with E-state index in [2.05, 4.69) is 10.3 Å². The molecule has 4 rings (SSSR count). The van der Waals surface area contributed by atoms with E-state index in [-0.39, 0.29) is 37.3 Å². The van der Waals surface area contributed by atoms with Crippen molar-refractivity contribution in [2.75, 3.05) is 13.2 Å². The zero-order valence-electron chi connectivity index (χ0n) is 20.1. The van der Waals surface area contributed by atoms with Crippen LogP contribution in [0.2, 0.25) is 0 Å². The molecule has 1 unspecified atom stereocenters. The maximum absolute atomic E-state index is 13.2. The highest BCUT2D eigenvalue weighted by Crippen LogP contribution is 2.31. The molecule has 204 valence electrons. The Morgan fingerprint density at radius 3 is 2.08 bits per heavy atom. The maximum Gasteiger partial charge on any atom is 0.416 e. The largest absolute Gasteiger partial charge is 0.447 e. The fourth-order valence-corrected chi connectivity index (χ4v) is 4.16. The van der Waals surface area contributed by atoms with E-state index in [0.29, 0.717) is 24.3 Å². The van der Waals surface area contributed by atoms with Gasteiger partial charge in [-0.1, -0.05) is 36.4 Å². The zero-order chi connectivity index (χ0) is 27.3. The molecule has 0 spiro atoms. The van der Waals surface area contributed by atoms with Gasteiger partial charge in [0.25, 0.3) is 5.91 Å². The van der Waals surface area contributed by atoms with Crippen LogP contribution < -0.4 is 5.32 Å². The first kappa shape index (κ1) is 27.6. The number of carbonyl (C=O) groups excluding carboxylic acids is 1. The molecule has 6 nitrogen and oxygen atoms in total. The van der Waals surface area contributed by atoms with E-state index < -0.39 is 29.4 Å². The quantitative estimate of drug-likeness (QED) is 0.346. The molecule has 0 radical (unpaired) electrons. The van der Waals surface area contributed by atoms with Crippen molar-refractivity contribution in [2.45, 2.75) is 50.9 Å². The van der Waals surface area contributed by atoms with Crippen molar-refractivity contribution in [1.29, 1.82) is 0 Å². The third-order valence-corrected chi connectivity index (χ3v) is 5.98. The van der Waals surface area contributed by atoms with Crippen LogP contribution in [0.5, 0.6) is 0 Å². The third kappa shape index (κ3) is 7.57. The molecular formula is C26H25F6N3O3. The molecule has 1 aliphatic rings. The summed E-state index contributed by atoms with van der Waals surface area (Å²) in [5.41, 5.74) is -1.07. The first-order valence-corrected chi connectivity index (χ1v) is 11.9. The Balaban J connectivity index is 1.51. The van der Waals surface area contributed by atoms with Crippen LogP contribution in [0.25, 0.3) is 0 Å². The molecular weight excluding hydrogens is 516 g/mol. The highest BCUT2D eigenvalue weighted by Gasteiger charge is 2.31. The smallest absolute Gasteiger partial charge is 0.416 e. The molecule has 1 aliphatic heterocycles. The van der Waals surface area contributed by atoms with Gasteiger partial charge in [0.2, 0.25) is 5.89 Å². The lowest BCUT2D eigenvalue weighted by atomic mass is 10.1. The fraction of sp³-hybridized carbons (Fsp3) is 0.385. The minimum Gasteiger partial charge on any atom is -0.447 e. The van der Waals surface area contributed by atoms with Gasteiger partial charge in [-0.2, -0.15) is 26.3 Å². The van der Waals surface area contributed by atoms with Crippen LogP contribution in [0.15, 0.2) is 59.2 Å². The topological polar surface area (TPSA) is 67.6 Å². The van der Waals surface area contributed by atoms with E-state index in [4.69, 9.17) is 9.15 Å². The minimum absolute atomic E-state index is 0.0103.